The Balaban J connectivity index is 2.17. The highest BCUT2D eigenvalue weighted by Crippen LogP contribution is 2.39. The molecule has 24 heavy (non-hydrogen) atoms. The minimum atomic E-state index is -0.00231. The second-order valence-corrected chi connectivity index (χ2v) is 6.56. The lowest BCUT2D eigenvalue weighted by atomic mass is 9.98. The van der Waals surface area contributed by atoms with Gasteiger partial charge >= 0.3 is 0 Å². The zero-order valence-electron chi connectivity index (χ0n) is 14.1. The molecule has 0 radical (unpaired) electrons. The Labute approximate surface area is 140 Å². The van der Waals surface area contributed by atoms with Gasteiger partial charge in [0, 0.05) is 35.6 Å². The van der Waals surface area contributed by atoms with Gasteiger partial charge in [-0.25, -0.2) is 0 Å². The summed E-state index contributed by atoms with van der Waals surface area (Å²) in [5.41, 5.74) is 14.2. The minimum Gasteiger partial charge on any atom is -0.399 e. The first-order valence-electron chi connectivity index (χ1n) is 8.32. The fourth-order valence-corrected chi connectivity index (χ4v) is 3.74. The van der Waals surface area contributed by atoms with E-state index in [1.54, 1.807) is 11.6 Å². The van der Waals surface area contributed by atoms with Gasteiger partial charge in [0.05, 0.1) is 0 Å². The van der Waals surface area contributed by atoms with E-state index in [1.165, 1.54) is 11.1 Å². The third-order valence-electron chi connectivity index (χ3n) is 5.08. The van der Waals surface area contributed by atoms with Crippen LogP contribution >= 0.6 is 0 Å². The Bertz CT molecular complexity index is 1050. The van der Waals surface area contributed by atoms with Gasteiger partial charge in [0.1, 0.15) is 5.52 Å². The number of aryl methyl sites for hydroxylation is 3. The Hall–Kier alpha value is -2.75. The molecule has 2 heterocycles. The molecule has 1 aromatic carbocycles. The molecule has 4 nitrogen and oxygen atoms in total. The van der Waals surface area contributed by atoms with Crippen LogP contribution in [-0.2, 0) is 19.9 Å². The number of rotatable bonds is 2. The monoisotopic (exact) mass is 319 g/mol. The fourth-order valence-electron chi connectivity index (χ4n) is 3.74. The maximum Gasteiger partial charge on any atom is 0.274 e. The number of H-pyrrole nitrogens is 1. The first-order valence-corrected chi connectivity index (χ1v) is 8.32. The summed E-state index contributed by atoms with van der Waals surface area (Å²) in [4.78, 5) is 16.0. The van der Waals surface area contributed by atoms with Crippen molar-refractivity contribution in [3.05, 3.63) is 58.1 Å². The predicted octanol–water partition coefficient (Wildman–Crippen LogP) is 3.64. The number of nitrogens with two attached hydrogens (primary N) is 1. The molecule has 4 rings (SSSR count). The van der Waals surface area contributed by atoms with E-state index in [4.69, 9.17) is 5.73 Å². The van der Waals surface area contributed by atoms with Crippen LogP contribution in [0.2, 0.25) is 0 Å². The molecule has 0 amide bonds. The van der Waals surface area contributed by atoms with E-state index in [-0.39, 0.29) is 5.56 Å². The van der Waals surface area contributed by atoms with Crippen molar-refractivity contribution in [1.82, 2.24) is 9.55 Å². The molecule has 3 N–H and O–H groups in total. The van der Waals surface area contributed by atoms with Crippen molar-refractivity contribution in [3.8, 4) is 11.1 Å². The van der Waals surface area contributed by atoms with Crippen LogP contribution in [0.5, 0.6) is 0 Å². The number of hydrogen-bond acceptors (Lipinski definition) is 2. The van der Waals surface area contributed by atoms with Crippen LogP contribution in [0.4, 0.5) is 5.69 Å². The van der Waals surface area contributed by atoms with Crippen LogP contribution in [-0.4, -0.2) is 9.55 Å². The summed E-state index contributed by atoms with van der Waals surface area (Å²) in [6.07, 6.45) is 4.62. The quantitative estimate of drug-likeness (QED) is 0.708. The molecule has 0 fully saturated rings. The van der Waals surface area contributed by atoms with Gasteiger partial charge in [0.15, 0.2) is 0 Å². The topological polar surface area (TPSA) is 63.8 Å². The number of nitrogen functional groups attached to an aromatic ring is 1. The summed E-state index contributed by atoms with van der Waals surface area (Å²) in [7, 11) is 1.80. The van der Waals surface area contributed by atoms with Gasteiger partial charge in [-0.05, 0) is 53.7 Å². The van der Waals surface area contributed by atoms with E-state index in [1.807, 2.05) is 18.3 Å². The molecule has 1 aliphatic carbocycles. The zero-order chi connectivity index (χ0) is 17.0. The lowest BCUT2D eigenvalue weighted by Crippen LogP contribution is -2.16. The first-order chi connectivity index (χ1) is 11.5. The number of pyridine rings is 1. The lowest BCUT2D eigenvalue weighted by Gasteiger charge is -2.10. The van der Waals surface area contributed by atoms with Crippen LogP contribution in [0, 0.1) is 0 Å². The van der Waals surface area contributed by atoms with E-state index in [0.29, 0.717) is 5.52 Å². The van der Waals surface area contributed by atoms with Gasteiger partial charge in [-0.1, -0.05) is 19.6 Å². The highest BCUT2D eigenvalue weighted by atomic mass is 16.1. The number of aromatic amines is 1. The van der Waals surface area contributed by atoms with Crippen LogP contribution in [0.25, 0.3) is 27.6 Å². The summed E-state index contributed by atoms with van der Waals surface area (Å²) in [6, 6.07) is 6.07. The Morgan fingerprint density at radius 3 is 2.88 bits per heavy atom. The Morgan fingerprint density at radius 2 is 2.12 bits per heavy atom. The maximum absolute atomic E-state index is 12.7. The number of aromatic nitrogens is 2. The molecule has 0 bridgehead atoms. The Kier molecular flexibility index (Phi) is 3.17. The molecule has 3 aromatic rings. The number of anilines is 1. The largest absolute Gasteiger partial charge is 0.399 e. The number of fused-ring (bicyclic) bond motifs is 2. The molecular formula is C20H21N3O. The third kappa shape index (κ3) is 1.96. The molecule has 122 valence electrons. The average molecular weight is 319 g/mol. The number of nitrogens with one attached hydrogen (secondary N) is 1. The van der Waals surface area contributed by atoms with Crippen LogP contribution in [0.15, 0.2) is 35.8 Å². The number of nitrogens with zero attached hydrogens (tertiary/aromatic N) is 1. The van der Waals surface area contributed by atoms with Crippen molar-refractivity contribution in [3.63, 3.8) is 0 Å². The van der Waals surface area contributed by atoms with Gasteiger partial charge in [0.2, 0.25) is 0 Å². The van der Waals surface area contributed by atoms with Crippen LogP contribution < -0.4 is 11.3 Å². The van der Waals surface area contributed by atoms with Crippen molar-refractivity contribution in [2.45, 2.75) is 26.2 Å². The lowest BCUT2D eigenvalue weighted by molar-refractivity contribution is 0.871. The van der Waals surface area contributed by atoms with Crippen LogP contribution in [0.1, 0.15) is 30.2 Å². The van der Waals surface area contributed by atoms with E-state index >= 15 is 0 Å². The fraction of sp³-hybridized carbons (Fsp3) is 0.250. The summed E-state index contributed by atoms with van der Waals surface area (Å²) in [6.45, 7) is 6.28. The molecule has 1 aliphatic rings. The van der Waals surface area contributed by atoms with Gasteiger partial charge < -0.3 is 15.3 Å². The maximum atomic E-state index is 12.7. The summed E-state index contributed by atoms with van der Waals surface area (Å²) < 4.78 is 1.65. The molecule has 0 unspecified atom stereocenters. The van der Waals surface area contributed by atoms with E-state index in [0.717, 1.165) is 52.7 Å². The van der Waals surface area contributed by atoms with Crippen LogP contribution in [0.3, 0.4) is 0 Å². The van der Waals surface area contributed by atoms with Crippen molar-refractivity contribution < 1.29 is 0 Å². The van der Waals surface area contributed by atoms with Gasteiger partial charge in [-0.15, -0.1) is 0 Å². The van der Waals surface area contributed by atoms with Crippen molar-refractivity contribution in [1.29, 1.82) is 0 Å². The molecular weight excluding hydrogens is 298 g/mol. The summed E-state index contributed by atoms with van der Waals surface area (Å²) in [5, 5.41) is 1.03. The molecule has 0 aliphatic heterocycles. The molecule has 0 saturated heterocycles. The molecule has 0 spiro atoms. The van der Waals surface area contributed by atoms with Crippen molar-refractivity contribution in [2.75, 3.05) is 5.73 Å². The van der Waals surface area contributed by atoms with E-state index in [9.17, 15) is 4.79 Å². The standard InChI is InChI=1S/C20H21N3O/c1-4-11(2)18-14-8-6-12-5-7-13(21)9-15(12)16-10-23(3)20(24)19(22-18)17(14)16/h5,7,9-10,22H,2,4,6,8,21H2,1,3H3. The summed E-state index contributed by atoms with van der Waals surface area (Å²) in [5.74, 6) is 0. The summed E-state index contributed by atoms with van der Waals surface area (Å²) >= 11 is 0. The Morgan fingerprint density at radius 1 is 1.33 bits per heavy atom. The smallest absolute Gasteiger partial charge is 0.274 e. The van der Waals surface area contributed by atoms with Gasteiger partial charge in [-0.3, -0.25) is 4.79 Å². The van der Waals surface area contributed by atoms with Crippen molar-refractivity contribution >= 4 is 22.2 Å². The molecule has 2 aromatic heterocycles. The first kappa shape index (κ1) is 14.8. The molecule has 0 atom stereocenters. The zero-order valence-corrected chi connectivity index (χ0v) is 14.1. The van der Waals surface area contributed by atoms with Crippen molar-refractivity contribution in [2.24, 2.45) is 7.05 Å². The van der Waals surface area contributed by atoms with E-state index < -0.39 is 0 Å². The van der Waals surface area contributed by atoms with Gasteiger partial charge in [0.25, 0.3) is 5.56 Å². The average Bonchev–Trinajstić information content (AvgIpc) is 2.88. The second-order valence-electron chi connectivity index (χ2n) is 6.56. The predicted molar refractivity (Wildman–Crippen MR) is 100 cm³/mol. The molecule has 4 heteroatoms. The second kappa shape index (κ2) is 5.13. The van der Waals surface area contributed by atoms with E-state index in [2.05, 4.69) is 24.6 Å². The third-order valence-corrected chi connectivity index (χ3v) is 5.08. The normalized spacial score (nSPS) is 12.9. The molecule has 0 saturated carbocycles. The highest BCUT2D eigenvalue weighted by Gasteiger charge is 2.24. The number of benzene rings is 1. The number of allylic oxidation sites excluding steroid dienone is 1. The van der Waals surface area contributed by atoms with Gasteiger partial charge in [-0.2, -0.15) is 0 Å². The number of hydrogen-bond donors (Lipinski definition) is 2. The highest BCUT2D eigenvalue weighted by molar-refractivity contribution is 6.01. The minimum absolute atomic E-state index is 0.00231. The SMILES string of the molecule is C=C(CC)c1[nH]c2c(=O)n(C)cc3c2c1CCc1ccc(N)cc1-3.